The number of aromatic nitrogens is 2. The summed E-state index contributed by atoms with van der Waals surface area (Å²) in [4.78, 5) is 11.9. The van der Waals surface area contributed by atoms with Crippen molar-refractivity contribution in [3.05, 3.63) is 60.4 Å². The Balaban J connectivity index is 1.76. The van der Waals surface area contributed by atoms with E-state index in [1.54, 1.807) is 13.0 Å². The summed E-state index contributed by atoms with van der Waals surface area (Å²) in [6.45, 7) is 8.57. The number of nitrogens with one attached hydrogen (secondary N) is 1. The number of amides is 1. The van der Waals surface area contributed by atoms with Gasteiger partial charge in [0, 0.05) is 12.7 Å². The number of ether oxygens (including phenoxy) is 1. The first-order valence-corrected chi connectivity index (χ1v) is 8.72. The Labute approximate surface area is 149 Å². The zero-order valence-corrected chi connectivity index (χ0v) is 15.1. The minimum atomic E-state index is -0.428. The van der Waals surface area contributed by atoms with Gasteiger partial charge in [0.05, 0.1) is 18.0 Å². The molecule has 0 aliphatic carbocycles. The molecule has 5 nitrogen and oxygen atoms in total. The average Bonchev–Trinajstić information content (AvgIpc) is 3.00. The van der Waals surface area contributed by atoms with Gasteiger partial charge in [-0.15, -0.1) is 6.58 Å². The lowest BCUT2D eigenvalue weighted by Gasteiger charge is -2.12. The van der Waals surface area contributed by atoms with Gasteiger partial charge in [-0.3, -0.25) is 4.79 Å². The molecule has 1 aromatic heterocycles. The lowest BCUT2D eigenvalue weighted by Crippen LogP contribution is -2.35. The molecule has 0 fully saturated rings. The van der Waals surface area contributed by atoms with Gasteiger partial charge in [0.15, 0.2) is 0 Å². The second kappa shape index (κ2) is 9.79. The highest BCUT2D eigenvalue weighted by molar-refractivity contribution is 5.80. The van der Waals surface area contributed by atoms with Crippen LogP contribution in [0.15, 0.2) is 49.2 Å². The molecule has 1 amide bonds. The van der Waals surface area contributed by atoms with Gasteiger partial charge in [0.1, 0.15) is 6.10 Å². The van der Waals surface area contributed by atoms with Gasteiger partial charge in [-0.2, -0.15) is 5.10 Å². The monoisotopic (exact) mass is 341 g/mol. The van der Waals surface area contributed by atoms with E-state index in [0.717, 1.165) is 30.6 Å². The molecular formula is C20H27N3O2. The SMILES string of the molecule is C=CCCO[C@H](C)C(=O)NCCCc1cn(-c2ccccc2)nc1C. The molecular weight excluding hydrogens is 314 g/mol. The zero-order chi connectivity index (χ0) is 18.1. The number of aryl methyl sites for hydroxylation is 2. The summed E-state index contributed by atoms with van der Waals surface area (Å²) in [5, 5.41) is 7.49. The van der Waals surface area contributed by atoms with E-state index in [0.29, 0.717) is 13.2 Å². The highest BCUT2D eigenvalue weighted by atomic mass is 16.5. The first-order valence-electron chi connectivity index (χ1n) is 8.72. The molecule has 25 heavy (non-hydrogen) atoms. The van der Waals surface area contributed by atoms with Crippen molar-refractivity contribution in [2.75, 3.05) is 13.2 Å². The number of hydrogen-bond acceptors (Lipinski definition) is 3. The Morgan fingerprint density at radius 1 is 1.40 bits per heavy atom. The Kier molecular flexibility index (Phi) is 7.41. The summed E-state index contributed by atoms with van der Waals surface area (Å²) in [5.74, 6) is -0.0687. The van der Waals surface area contributed by atoms with E-state index in [-0.39, 0.29) is 5.91 Å². The lowest BCUT2D eigenvalue weighted by molar-refractivity contribution is -0.131. The van der Waals surface area contributed by atoms with E-state index < -0.39 is 6.10 Å². The van der Waals surface area contributed by atoms with Crippen molar-refractivity contribution in [1.82, 2.24) is 15.1 Å². The first kappa shape index (κ1) is 18.9. The molecule has 134 valence electrons. The van der Waals surface area contributed by atoms with Gasteiger partial charge in [0.25, 0.3) is 0 Å². The number of carbonyl (C=O) groups excluding carboxylic acids is 1. The maximum atomic E-state index is 11.9. The molecule has 0 spiro atoms. The molecule has 0 aliphatic rings. The Hall–Kier alpha value is -2.40. The van der Waals surface area contributed by atoms with Crippen LogP contribution in [-0.4, -0.2) is 34.9 Å². The van der Waals surface area contributed by atoms with E-state index >= 15 is 0 Å². The smallest absolute Gasteiger partial charge is 0.248 e. The summed E-state index contributed by atoms with van der Waals surface area (Å²) in [6, 6.07) is 10.1. The number of benzene rings is 1. The highest BCUT2D eigenvalue weighted by Gasteiger charge is 2.12. The lowest BCUT2D eigenvalue weighted by atomic mass is 10.1. The van der Waals surface area contributed by atoms with Crippen molar-refractivity contribution in [3.63, 3.8) is 0 Å². The zero-order valence-electron chi connectivity index (χ0n) is 15.1. The molecule has 1 atom stereocenters. The average molecular weight is 341 g/mol. The van der Waals surface area contributed by atoms with Crippen LogP contribution in [0.1, 0.15) is 31.0 Å². The molecule has 0 radical (unpaired) electrons. The topological polar surface area (TPSA) is 56.1 Å². The van der Waals surface area contributed by atoms with Crippen LogP contribution < -0.4 is 5.32 Å². The van der Waals surface area contributed by atoms with E-state index in [4.69, 9.17) is 4.74 Å². The summed E-state index contributed by atoms with van der Waals surface area (Å²) in [6.07, 6.45) is 5.91. The summed E-state index contributed by atoms with van der Waals surface area (Å²) in [7, 11) is 0. The maximum Gasteiger partial charge on any atom is 0.248 e. The number of rotatable bonds is 10. The van der Waals surface area contributed by atoms with Crippen molar-refractivity contribution in [1.29, 1.82) is 0 Å². The van der Waals surface area contributed by atoms with Gasteiger partial charge < -0.3 is 10.1 Å². The number of carbonyl (C=O) groups is 1. The number of nitrogens with zero attached hydrogens (tertiary/aromatic N) is 2. The Morgan fingerprint density at radius 3 is 2.88 bits per heavy atom. The van der Waals surface area contributed by atoms with Crippen molar-refractivity contribution in [2.45, 2.75) is 39.2 Å². The Bertz CT molecular complexity index is 680. The van der Waals surface area contributed by atoms with E-state index in [2.05, 4.69) is 23.2 Å². The third kappa shape index (κ3) is 5.87. The molecule has 1 N–H and O–H groups in total. The standard InChI is InChI=1S/C20H27N3O2/c1-4-5-14-25-17(3)20(24)21-13-9-10-18-15-23(22-16(18)2)19-11-7-6-8-12-19/h4,6-8,11-12,15,17H,1,5,9-10,13-14H2,2-3H3,(H,21,24)/t17-/m1/s1. The van der Waals surface area contributed by atoms with Crippen molar-refractivity contribution in [2.24, 2.45) is 0 Å². The van der Waals surface area contributed by atoms with Gasteiger partial charge in [-0.1, -0.05) is 24.3 Å². The molecule has 0 aliphatic heterocycles. The molecule has 0 unspecified atom stereocenters. The van der Waals surface area contributed by atoms with Crippen LogP contribution >= 0.6 is 0 Å². The van der Waals surface area contributed by atoms with Crippen molar-refractivity contribution >= 4 is 5.91 Å². The summed E-state index contributed by atoms with van der Waals surface area (Å²) < 4.78 is 7.34. The van der Waals surface area contributed by atoms with Crippen molar-refractivity contribution in [3.8, 4) is 5.69 Å². The molecule has 0 saturated heterocycles. The predicted molar refractivity (Wildman–Crippen MR) is 99.9 cm³/mol. The molecule has 1 aromatic carbocycles. The number of para-hydroxylation sites is 1. The molecule has 0 saturated carbocycles. The van der Waals surface area contributed by atoms with Crippen LogP contribution in [0.25, 0.3) is 5.69 Å². The van der Waals surface area contributed by atoms with E-state index in [9.17, 15) is 4.79 Å². The third-order valence-electron chi connectivity index (χ3n) is 4.00. The third-order valence-corrected chi connectivity index (χ3v) is 4.00. The van der Waals surface area contributed by atoms with Gasteiger partial charge in [-0.25, -0.2) is 4.68 Å². The second-order valence-corrected chi connectivity index (χ2v) is 6.00. The van der Waals surface area contributed by atoms with E-state index in [1.165, 1.54) is 5.56 Å². The first-order chi connectivity index (χ1) is 12.1. The maximum absolute atomic E-state index is 11.9. The second-order valence-electron chi connectivity index (χ2n) is 6.00. The van der Waals surface area contributed by atoms with Crippen LogP contribution in [0.3, 0.4) is 0 Å². The normalized spacial score (nSPS) is 11.9. The predicted octanol–water partition coefficient (Wildman–Crippen LogP) is 3.21. The van der Waals surface area contributed by atoms with E-state index in [1.807, 2.05) is 41.9 Å². The van der Waals surface area contributed by atoms with Gasteiger partial charge in [-0.05, 0) is 50.8 Å². The van der Waals surface area contributed by atoms with Crippen molar-refractivity contribution < 1.29 is 9.53 Å². The van der Waals surface area contributed by atoms with Crippen LogP contribution in [0.2, 0.25) is 0 Å². The minimum absolute atomic E-state index is 0.0687. The highest BCUT2D eigenvalue weighted by Crippen LogP contribution is 2.13. The van der Waals surface area contributed by atoms with Crippen LogP contribution in [0.5, 0.6) is 0 Å². The fourth-order valence-corrected chi connectivity index (χ4v) is 2.49. The summed E-state index contributed by atoms with van der Waals surface area (Å²) in [5.41, 5.74) is 3.28. The molecule has 1 heterocycles. The largest absolute Gasteiger partial charge is 0.368 e. The molecule has 0 bridgehead atoms. The fourth-order valence-electron chi connectivity index (χ4n) is 2.49. The Morgan fingerprint density at radius 2 is 2.16 bits per heavy atom. The van der Waals surface area contributed by atoms with Gasteiger partial charge in [0.2, 0.25) is 5.91 Å². The molecule has 2 aromatic rings. The number of hydrogen-bond donors (Lipinski definition) is 1. The molecule has 2 rings (SSSR count). The van der Waals surface area contributed by atoms with Crippen LogP contribution in [0.4, 0.5) is 0 Å². The summed E-state index contributed by atoms with van der Waals surface area (Å²) >= 11 is 0. The quantitative estimate of drug-likeness (QED) is 0.533. The van der Waals surface area contributed by atoms with Crippen LogP contribution in [0, 0.1) is 6.92 Å². The minimum Gasteiger partial charge on any atom is -0.368 e. The molecule has 5 heteroatoms. The van der Waals surface area contributed by atoms with Crippen LogP contribution in [-0.2, 0) is 16.0 Å². The van der Waals surface area contributed by atoms with Gasteiger partial charge >= 0.3 is 0 Å². The fraction of sp³-hybridized carbons (Fsp3) is 0.400.